The summed E-state index contributed by atoms with van der Waals surface area (Å²) in [7, 11) is 0. The molecule has 0 saturated heterocycles. The molecule has 0 radical (unpaired) electrons. The van der Waals surface area contributed by atoms with Crippen LogP contribution < -0.4 is 15.2 Å². The van der Waals surface area contributed by atoms with Gasteiger partial charge in [-0.15, -0.1) is 0 Å². The molecule has 5 heteroatoms. The molecule has 1 aliphatic rings. The van der Waals surface area contributed by atoms with Crippen LogP contribution in [0.25, 0.3) is 0 Å². The van der Waals surface area contributed by atoms with E-state index in [0.29, 0.717) is 18.5 Å². The van der Waals surface area contributed by atoms with Crippen LogP contribution in [0, 0.1) is 6.92 Å². The van der Waals surface area contributed by atoms with Gasteiger partial charge >= 0.3 is 6.01 Å². The zero-order valence-electron chi connectivity index (χ0n) is 12.0. The summed E-state index contributed by atoms with van der Waals surface area (Å²) in [5.41, 5.74) is 6.87. The van der Waals surface area contributed by atoms with Crippen molar-refractivity contribution in [2.75, 3.05) is 6.61 Å². The molecule has 2 N–H and O–H groups in total. The largest absolute Gasteiger partial charge is 0.475 e. The molecule has 0 unspecified atom stereocenters. The Morgan fingerprint density at radius 3 is 2.63 bits per heavy atom. The van der Waals surface area contributed by atoms with Crippen molar-refractivity contribution in [1.82, 2.24) is 9.97 Å². The topological polar surface area (TPSA) is 70.3 Å². The second-order valence-electron chi connectivity index (χ2n) is 5.65. The Kier molecular flexibility index (Phi) is 4.24. The molecule has 5 nitrogen and oxygen atoms in total. The molecule has 106 valence electrons. The van der Waals surface area contributed by atoms with E-state index in [2.05, 4.69) is 9.97 Å². The minimum absolute atomic E-state index is 0.0813. The minimum Gasteiger partial charge on any atom is -0.475 e. The molecule has 0 spiro atoms. The Morgan fingerprint density at radius 2 is 2.00 bits per heavy atom. The van der Waals surface area contributed by atoms with Gasteiger partial charge in [-0.05, 0) is 33.6 Å². The van der Waals surface area contributed by atoms with Crippen LogP contribution in [-0.4, -0.2) is 28.2 Å². The highest BCUT2D eigenvalue weighted by molar-refractivity contribution is 5.18. The van der Waals surface area contributed by atoms with Crippen LogP contribution in [-0.2, 0) is 0 Å². The summed E-state index contributed by atoms with van der Waals surface area (Å²) in [6, 6.07) is 2.16. The van der Waals surface area contributed by atoms with Crippen molar-refractivity contribution in [2.24, 2.45) is 5.73 Å². The van der Waals surface area contributed by atoms with Crippen LogP contribution >= 0.6 is 0 Å². The van der Waals surface area contributed by atoms with Crippen molar-refractivity contribution in [3.63, 3.8) is 0 Å². The second-order valence-corrected chi connectivity index (χ2v) is 5.65. The Balaban J connectivity index is 2.01. The monoisotopic (exact) mass is 265 g/mol. The Morgan fingerprint density at radius 1 is 1.32 bits per heavy atom. The lowest BCUT2D eigenvalue weighted by Gasteiger charge is -2.22. The number of hydrogen-bond acceptors (Lipinski definition) is 5. The number of hydrogen-bond donors (Lipinski definition) is 1. The first-order valence-corrected chi connectivity index (χ1v) is 6.91. The summed E-state index contributed by atoms with van der Waals surface area (Å²) < 4.78 is 11.2. The SMILES string of the molecule is Cc1cc(OC(C)C)nc(OCC2(N)CCCC2)n1. The van der Waals surface area contributed by atoms with E-state index >= 15 is 0 Å². The Hall–Kier alpha value is -1.36. The molecule has 1 heterocycles. The van der Waals surface area contributed by atoms with Gasteiger partial charge in [0.2, 0.25) is 5.88 Å². The molecule has 0 aliphatic heterocycles. The normalized spacial score (nSPS) is 17.7. The molecule has 1 aromatic heterocycles. The van der Waals surface area contributed by atoms with Crippen molar-refractivity contribution in [2.45, 2.75) is 58.1 Å². The van der Waals surface area contributed by atoms with Gasteiger partial charge in [-0.2, -0.15) is 4.98 Å². The molecule has 0 atom stereocenters. The lowest BCUT2D eigenvalue weighted by molar-refractivity contribution is 0.194. The first-order chi connectivity index (χ1) is 8.97. The third-order valence-electron chi connectivity index (χ3n) is 3.25. The maximum Gasteiger partial charge on any atom is 0.320 e. The average molecular weight is 265 g/mol. The van der Waals surface area contributed by atoms with E-state index in [-0.39, 0.29) is 11.6 Å². The molecule has 19 heavy (non-hydrogen) atoms. The van der Waals surface area contributed by atoms with Gasteiger partial charge in [0.1, 0.15) is 6.61 Å². The van der Waals surface area contributed by atoms with Crippen LogP contribution in [0.3, 0.4) is 0 Å². The molecule has 1 aromatic rings. The maximum absolute atomic E-state index is 6.25. The molecule has 2 rings (SSSR count). The first kappa shape index (κ1) is 14.1. The van der Waals surface area contributed by atoms with Crippen LogP contribution in [0.15, 0.2) is 6.07 Å². The molecular formula is C14H23N3O2. The molecular weight excluding hydrogens is 242 g/mol. The van der Waals surface area contributed by atoms with Crippen molar-refractivity contribution < 1.29 is 9.47 Å². The van der Waals surface area contributed by atoms with Gasteiger partial charge in [-0.25, -0.2) is 4.98 Å². The molecule has 0 bridgehead atoms. The van der Waals surface area contributed by atoms with Crippen LogP contribution in [0.4, 0.5) is 0 Å². The number of aromatic nitrogens is 2. The fraction of sp³-hybridized carbons (Fsp3) is 0.714. The zero-order valence-corrected chi connectivity index (χ0v) is 12.0. The van der Waals surface area contributed by atoms with Gasteiger partial charge in [-0.3, -0.25) is 0 Å². The van der Waals surface area contributed by atoms with E-state index in [9.17, 15) is 0 Å². The zero-order chi connectivity index (χ0) is 13.9. The molecule has 1 fully saturated rings. The van der Waals surface area contributed by atoms with E-state index in [4.69, 9.17) is 15.2 Å². The fourth-order valence-corrected chi connectivity index (χ4v) is 2.31. The van der Waals surface area contributed by atoms with E-state index in [1.165, 1.54) is 12.8 Å². The molecule has 1 aliphatic carbocycles. The van der Waals surface area contributed by atoms with Crippen LogP contribution in [0.1, 0.15) is 45.2 Å². The minimum atomic E-state index is -0.216. The lowest BCUT2D eigenvalue weighted by Crippen LogP contribution is -2.42. The van der Waals surface area contributed by atoms with Gasteiger partial charge in [0.15, 0.2) is 0 Å². The van der Waals surface area contributed by atoms with Crippen molar-refractivity contribution in [3.05, 3.63) is 11.8 Å². The van der Waals surface area contributed by atoms with E-state index in [0.717, 1.165) is 18.5 Å². The number of aryl methyl sites for hydroxylation is 1. The highest BCUT2D eigenvalue weighted by Crippen LogP contribution is 2.27. The highest BCUT2D eigenvalue weighted by atomic mass is 16.5. The van der Waals surface area contributed by atoms with Gasteiger partial charge in [0, 0.05) is 11.8 Å². The van der Waals surface area contributed by atoms with Gasteiger partial charge in [0.05, 0.1) is 11.6 Å². The number of rotatable bonds is 5. The smallest absolute Gasteiger partial charge is 0.320 e. The van der Waals surface area contributed by atoms with Crippen molar-refractivity contribution in [1.29, 1.82) is 0 Å². The summed E-state index contributed by atoms with van der Waals surface area (Å²) in [6.07, 6.45) is 4.45. The number of nitrogens with two attached hydrogens (primary N) is 1. The summed E-state index contributed by atoms with van der Waals surface area (Å²) in [6.45, 7) is 6.30. The van der Waals surface area contributed by atoms with Crippen molar-refractivity contribution >= 4 is 0 Å². The highest BCUT2D eigenvalue weighted by Gasteiger charge is 2.30. The van der Waals surface area contributed by atoms with Crippen LogP contribution in [0.2, 0.25) is 0 Å². The fourth-order valence-electron chi connectivity index (χ4n) is 2.31. The maximum atomic E-state index is 6.25. The second kappa shape index (κ2) is 5.74. The van der Waals surface area contributed by atoms with Crippen LogP contribution in [0.5, 0.6) is 11.9 Å². The van der Waals surface area contributed by atoms with E-state index in [1.807, 2.05) is 20.8 Å². The van der Waals surface area contributed by atoms with E-state index in [1.54, 1.807) is 6.07 Å². The predicted molar refractivity (Wildman–Crippen MR) is 73.4 cm³/mol. The standard InChI is InChI=1S/C14H23N3O2/c1-10(2)19-12-8-11(3)16-13(17-12)18-9-14(15)6-4-5-7-14/h8,10H,4-7,9,15H2,1-3H3. The summed E-state index contributed by atoms with van der Waals surface area (Å²) in [5.74, 6) is 0.551. The molecule has 1 saturated carbocycles. The van der Waals surface area contributed by atoms with Gasteiger partial charge in [0.25, 0.3) is 0 Å². The third-order valence-corrected chi connectivity index (χ3v) is 3.25. The Labute approximate surface area is 114 Å². The van der Waals surface area contributed by atoms with Gasteiger partial charge < -0.3 is 15.2 Å². The Bertz CT molecular complexity index is 429. The molecule has 0 aromatic carbocycles. The van der Waals surface area contributed by atoms with E-state index < -0.39 is 0 Å². The van der Waals surface area contributed by atoms with Crippen molar-refractivity contribution in [3.8, 4) is 11.9 Å². The first-order valence-electron chi connectivity index (χ1n) is 6.91. The quantitative estimate of drug-likeness (QED) is 0.884. The molecule has 0 amide bonds. The van der Waals surface area contributed by atoms with Gasteiger partial charge in [-0.1, -0.05) is 12.8 Å². The lowest BCUT2D eigenvalue weighted by atomic mass is 10.0. The summed E-state index contributed by atoms with van der Waals surface area (Å²) >= 11 is 0. The number of ether oxygens (including phenoxy) is 2. The summed E-state index contributed by atoms with van der Waals surface area (Å²) in [4.78, 5) is 8.52. The predicted octanol–water partition coefficient (Wildman–Crippen LogP) is 2.22. The summed E-state index contributed by atoms with van der Waals surface area (Å²) in [5, 5.41) is 0. The third kappa shape index (κ3) is 4.06. The number of nitrogens with zero attached hydrogens (tertiary/aromatic N) is 2. The average Bonchev–Trinajstić information content (AvgIpc) is 2.73.